The van der Waals surface area contributed by atoms with Crippen molar-refractivity contribution in [3.05, 3.63) is 15.6 Å². The number of carboxylic acids is 1. The van der Waals surface area contributed by atoms with E-state index in [1.54, 1.807) is 0 Å². The zero-order valence-electron chi connectivity index (χ0n) is 11.2. The molecule has 6 heteroatoms. The maximum Gasteiger partial charge on any atom is 0.326 e. The Morgan fingerprint density at radius 3 is 2.89 bits per heavy atom. The molecule has 0 spiro atoms. The number of rotatable bonds is 4. The lowest BCUT2D eigenvalue weighted by Gasteiger charge is -2.20. The molecular formula is C13H18N2O3S. The molecule has 1 aliphatic heterocycles. The van der Waals surface area contributed by atoms with Gasteiger partial charge in [-0.05, 0) is 32.6 Å². The van der Waals surface area contributed by atoms with Gasteiger partial charge in [-0.2, -0.15) is 0 Å². The molecule has 0 aliphatic carbocycles. The number of carboxylic acid groups (broad SMARTS) is 1. The van der Waals surface area contributed by atoms with Gasteiger partial charge in [0.2, 0.25) is 0 Å². The summed E-state index contributed by atoms with van der Waals surface area (Å²) in [4.78, 5) is 30.0. The van der Waals surface area contributed by atoms with E-state index in [-0.39, 0.29) is 5.91 Å². The van der Waals surface area contributed by atoms with Crippen LogP contribution in [0.2, 0.25) is 0 Å². The van der Waals surface area contributed by atoms with Gasteiger partial charge < -0.3 is 10.0 Å². The van der Waals surface area contributed by atoms with Gasteiger partial charge in [0.05, 0.1) is 10.7 Å². The van der Waals surface area contributed by atoms with E-state index in [9.17, 15) is 9.59 Å². The minimum Gasteiger partial charge on any atom is -0.480 e. The van der Waals surface area contributed by atoms with E-state index < -0.39 is 12.0 Å². The van der Waals surface area contributed by atoms with Crippen molar-refractivity contribution >= 4 is 23.2 Å². The Hall–Kier alpha value is -1.43. The number of amides is 1. The highest BCUT2D eigenvalue weighted by Crippen LogP contribution is 2.25. The van der Waals surface area contributed by atoms with Crippen LogP contribution in [0.5, 0.6) is 0 Å². The number of hydrogen-bond donors (Lipinski definition) is 1. The van der Waals surface area contributed by atoms with Crippen LogP contribution in [-0.2, 0) is 11.2 Å². The lowest BCUT2D eigenvalue weighted by atomic mass is 10.2. The van der Waals surface area contributed by atoms with Crippen LogP contribution in [0, 0.1) is 6.92 Å². The number of carbonyl (C=O) groups is 2. The highest BCUT2D eigenvalue weighted by atomic mass is 32.1. The molecule has 1 N–H and O–H groups in total. The number of aliphatic carboxylic acids is 1. The number of carbonyl (C=O) groups excluding carboxylic acids is 1. The van der Waals surface area contributed by atoms with Crippen LogP contribution in [0.25, 0.3) is 0 Å². The van der Waals surface area contributed by atoms with Crippen LogP contribution in [-0.4, -0.2) is 39.5 Å². The predicted molar refractivity (Wildman–Crippen MR) is 72.5 cm³/mol. The first-order chi connectivity index (χ1) is 9.04. The summed E-state index contributed by atoms with van der Waals surface area (Å²) < 4.78 is 0. The van der Waals surface area contributed by atoms with Crippen molar-refractivity contribution in [1.82, 2.24) is 9.88 Å². The van der Waals surface area contributed by atoms with E-state index in [0.717, 1.165) is 30.0 Å². The summed E-state index contributed by atoms with van der Waals surface area (Å²) >= 11 is 1.40. The van der Waals surface area contributed by atoms with E-state index in [1.807, 2.05) is 6.92 Å². The first-order valence-electron chi connectivity index (χ1n) is 6.54. The van der Waals surface area contributed by atoms with Gasteiger partial charge in [0.25, 0.3) is 5.91 Å². The maximum absolute atomic E-state index is 12.4. The molecule has 1 atom stereocenters. The van der Waals surface area contributed by atoms with Crippen molar-refractivity contribution in [1.29, 1.82) is 0 Å². The van der Waals surface area contributed by atoms with Gasteiger partial charge in [-0.15, -0.1) is 11.3 Å². The van der Waals surface area contributed by atoms with Gasteiger partial charge in [-0.25, -0.2) is 9.78 Å². The van der Waals surface area contributed by atoms with Gasteiger partial charge in [-0.3, -0.25) is 4.79 Å². The topological polar surface area (TPSA) is 70.5 Å². The number of nitrogens with zero attached hydrogens (tertiary/aromatic N) is 2. The Labute approximate surface area is 116 Å². The average Bonchev–Trinajstić information content (AvgIpc) is 2.95. The van der Waals surface area contributed by atoms with Crippen LogP contribution in [0.4, 0.5) is 0 Å². The molecule has 1 amide bonds. The van der Waals surface area contributed by atoms with E-state index in [2.05, 4.69) is 11.9 Å². The molecule has 104 valence electrons. The molecule has 0 saturated carbocycles. The van der Waals surface area contributed by atoms with Crippen LogP contribution in [0.3, 0.4) is 0 Å². The highest BCUT2D eigenvalue weighted by Gasteiger charge is 2.35. The molecule has 1 aromatic heterocycles. The molecule has 1 saturated heterocycles. The Morgan fingerprint density at radius 2 is 2.26 bits per heavy atom. The van der Waals surface area contributed by atoms with Crippen LogP contribution in [0.15, 0.2) is 0 Å². The van der Waals surface area contributed by atoms with Gasteiger partial charge in [0, 0.05) is 6.54 Å². The molecule has 5 nitrogen and oxygen atoms in total. The zero-order chi connectivity index (χ0) is 14.0. The summed E-state index contributed by atoms with van der Waals surface area (Å²) in [7, 11) is 0. The summed E-state index contributed by atoms with van der Waals surface area (Å²) in [5.41, 5.74) is 0.717. The monoisotopic (exact) mass is 282 g/mol. The van der Waals surface area contributed by atoms with E-state index in [0.29, 0.717) is 17.8 Å². The Balaban J connectivity index is 2.21. The third-order valence-corrected chi connectivity index (χ3v) is 4.50. The second-order valence-corrected chi connectivity index (χ2v) is 5.85. The van der Waals surface area contributed by atoms with Crippen molar-refractivity contribution in [3.8, 4) is 0 Å². The molecule has 1 fully saturated rings. The van der Waals surface area contributed by atoms with Gasteiger partial charge >= 0.3 is 5.97 Å². The number of thiazole rings is 1. The molecule has 1 aromatic rings. The zero-order valence-corrected chi connectivity index (χ0v) is 12.0. The summed E-state index contributed by atoms with van der Waals surface area (Å²) in [5, 5.41) is 10.1. The van der Waals surface area contributed by atoms with Crippen molar-refractivity contribution in [2.45, 2.75) is 45.6 Å². The van der Waals surface area contributed by atoms with Crippen molar-refractivity contribution < 1.29 is 14.7 Å². The Morgan fingerprint density at radius 1 is 1.53 bits per heavy atom. The quantitative estimate of drug-likeness (QED) is 0.918. The average molecular weight is 282 g/mol. The van der Waals surface area contributed by atoms with Crippen LogP contribution in [0.1, 0.15) is 46.6 Å². The van der Waals surface area contributed by atoms with E-state index in [4.69, 9.17) is 5.11 Å². The lowest BCUT2D eigenvalue weighted by molar-refractivity contribution is -0.141. The smallest absolute Gasteiger partial charge is 0.326 e. The Kier molecular flexibility index (Phi) is 4.19. The van der Waals surface area contributed by atoms with Gasteiger partial charge in [0.1, 0.15) is 10.9 Å². The van der Waals surface area contributed by atoms with E-state index in [1.165, 1.54) is 16.2 Å². The molecule has 2 rings (SSSR count). The first kappa shape index (κ1) is 14.0. The molecule has 19 heavy (non-hydrogen) atoms. The summed E-state index contributed by atoms with van der Waals surface area (Å²) in [6.07, 6.45) is 3.15. The second-order valence-electron chi connectivity index (χ2n) is 4.77. The van der Waals surface area contributed by atoms with Crippen LogP contribution < -0.4 is 0 Å². The number of likely N-dealkylation sites (tertiary alicyclic amines) is 1. The fourth-order valence-electron chi connectivity index (χ4n) is 2.37. The van der Waals surface area contributed by atoms with Crippen molar-refractivity contribution in [2.24, 2.45) is 0 Å². The fraction of sp³-hybridized carbons (Fsp3) is 0.615. The van der Waals surface area contributed by atoms with Crippen LogP contribution >= 0.6 is 11.3 Å². The summed E-state index contributed by atoms with van der Waals surface area (Å²) in [6.45, 7) is 4.41. The normalized spacial score (nSPS) is 18.8. The third-order valence-electron chi connectivity index (χ3n) is 3.30. The maximum atomic E-state index is 12.4. The minimum absolute atomic E-state index is 0.178. The highest BCUT2D eigenvalue weighted by molar-refractivity contribution is 7.13. The predicted octanol–water partition coefficient (Wildman–Crippen LogP) is 2.09. The van der Waals surface area contributed by atoms with Crippen molar-refractivity contribution in [2.75, 3.05) is 6.54 Å². The SMILES string of the molecule is CCCc1nc(C)c(C(=O)N2CCC[C@H]2C(=O)O)s1. The number of aryl methyl sites for hydroxylation is 2. The van der Waals surface area contributed by atoms with Gasteiger partial charge in [-0.1, -0.05) is 6.92 Å². The molecule has 0 unspecified atom stereocenters. The number of aromatic nitrogens is 1. The largest absolute Gasteiger partial charge is 0.480 e. The molecule has 0 aromatic carbocycles. The molecular weight excluding hydrogens is 264 g/mol. The summed E-state index contributed by atoms with van der Waals surface area (Å²) in [5.74, 6) is -1.09. The molecule has 2 heterocycles. The number of hydrogen-bond acceptors (Lipinski definition) is 4. The van der Waals surface area contributed by atoms with Gasteiger partial charge in [0.15, 0.2) is 0 Å². The molecule has 0 radical (unpaired) electrons. The second kappa shape index (κ2) is 5.69. The van der Waals surface area contributed by atoms with E-state index >= 15 is 0 Å². The first-order valence-corrected chi connectivity index (χ1v) is 7.36. The molecule has 0 bridgehead atoms. The fourth-order valence-corrected chi connectivity index (χ4v) is 3.49. The Bertz CT molecular complexity index is 498. The minimum atomic E-state index is -0.915. The molecule has 1 aliphatic rings. The van der Waals surface area contributed by atoms with Crippen molar-refractivity contribution in [3.63, 3.8) is 0 Å². The lowest BCUT2D eigenvalue weighted by Crippen LogP contribution is -2.40. The summed E-state index contributed by atoms with van der Waals surface area (Å²) in [6, 6.07) is -0.677. The third kappa shape index (κ3) is 2.78. The standard InChI is InChI=1S/C13H18N2O3S/c1-3-5-10-14-8(2)11(19-10)12(16)15-7-4-6-9(15)13(17)18/h9H,3-7H2,1-2H3,(H,17,18)/t9-/m0/s1.